The van der Waals surface area contributed by atoms with Crippen LogP contribution in [0.1, 0.15) is 15.2 Å². The maximum atomic E-state index is 12.3. The molecule has 4 nitrogen and oxygen atoms in total. The normalized spacial score (nSPS) is 10.7. The molecular formula is C24H20N2O2S2. The highest BCUT2D eigenvalue weighted by atomic mass is 32.2. The van der Waals surface area contributed by atoms with Crippen LogP contribution in [0.25, 0.3) is 10.8 Å². The van der Waals surface area contributed by atoms with Gasteiger partial charge in [0.2, 0.25) is 5.91 Å². The summed E-state index contributed by atoms with van der Waals surface area (Å²) in [4.78, 5) is 25.0. The number of thiophene rings is 1. The Morgan fingerprint density at radius 1 is 0.800 bits per heavy atom. The van der Waals surface area contributed by atoms with Gasteiger partial charge in [0.1, 0.15) is 0 Å². The van der Waals surface area contributed by atoms with E-state index in [-0.39, 0.29) is 11.8 Å². The number of hydrogen-bond acceptors (Lipinski definition) is 4. The molecule has 3 aromatic carbocycles. The van der Waals surface area contributed by atoms with Crippen LogP contribution in [0.3, 0.4) is 0 Å². The van der Waals surface area contributed by atoms with E-state index in [1.54, 1.807) is 42.1 Å². The van der Waals surface area contributed by atoms with Crippen molar-refractivity contribution in [3.05, 3.63) is 94.7 Å². The molecule has 2 amide bonds. The molecule has 6 heteroatoms. The van der Waals surface area contributed by atoms with Crippen LogP contribution in [-0.2, 0) is 10.5 Å². The summed E-state index contributed by atoms with van der Waals surface area (Å²) < 4.78 is 0. The highest BCUT2D eigenvalue weighted by Gasteiger charge is 2.08. The summed E-state index contributed by atoms with van der Waals surface area (Å²) in [6, 6.07) is 25.3. The van der Waals surface area contributed by atoms with Crippen molar-refractivity contribution in [2.75, 3.05) is 16.4 Å². The van der Waals surface area contributed by atoms with Crippen molar-refractivity contribution < 1.29 is 9.59 Å². The minimum atomic E-state index is -0.133. The topological polar surface area (TPSA) is 58.2 Å². The van der Waals surface area contributed by atoms with Crippen molar-refractivity contribution in [2.24, 2.45) is 0 Å². The number of carbonyl (C=O) groups excluding carboxylic acids is 2. The third-order valence-electron chi connectivity index (χ3n) is 4.54. The van der Waals surface area contributed by atoms with Gasteiger partial charge in [-0.3, -0.25) is 9.59 Å². The fourth-order valence-corrected chi connectivity index (χ4v) is 4.56. The molecule has 1 heterocycles. The zero-order valence-electron chi connectivity index (χ0n) is 16.1. The first-order chi connectivity index (χ1) is 14.7. The Hall–Kier alpha value is -3.09. The molecule has 1 aromatic heterocycles. The van der Waals surface area contributed by atoms with Crippen LogP contribution < -0.4 is 10.6 Å². The van der Waals surface area contributed by atoms with Crippen molar-refractivity contribution in [2.45, 2.75) is 5.75 Å². The zero-order valence-corrected chi connectivity index (χ0v) is 17.8. The molecule has 0 aliphatic heterocycles. The largest absolute Gasteiger partial charge is 0.325 e. The van der Waals surface area contributed by atoms with Crippen LogP contribution in [0.5, 0.6) is 0 Å². The van der Waals surface area contributed by atoms with E-state index >= 15 is 0 Å². The Labute approximate surface area is 183 Å². The molecule has 0 saturated carbocycles. The Bertz CT molecular complexity index is 1150. The molecule has 2 N–H and O–H groups in total. The van der Waals surface area contributed by atoms with Crippen LogP contribution in [0.4, 0.5) is 11.4 Å². The molecule has 0 unspecified atom stereocenters. The zero-order chi connectivity index (χ0) is 20.8. The van der Waals surface area contributed by atoms with Crippen LogP contribution in [-0.4, -0.2) is 17.6 Å². The number of amides is 2. The molecule has 0 spiro atoms. The van der Waals surface area contributed by atoms with Gasteiger partial charge in [0, 0.05) is 17.1 Å². The van der Waals surface area contributed by atoms with E-state index in [1.165, 1.54) is 27.7 Å². The van der Waals surface area contributed by atoms with Gasteiger partial charge in [0.25, 0.3) is 5.91 Å². The quantitative estimate of drug-likeness (QED) is 0.375. The van der Waals surface area contributed by atoms with E-state index in [4.69, 9.17) is 0 Å². The average molecular weight is 433 g/mol. The second-order valence-corrected chi connectivity index (χ2v) is 8.62. The number of fused-ring (bicyclic) bond motifs is 1. The van der Waals surface area contributed by atoms with Gasteiger partial charge in [-0.1, -0.05) is 48.5 Å². The third kappa shape index (κ3) is 5.09. The molecule has 4 aromatic rings. The SMILES string of the molecule is O=C(CSCc1cccc2ccccc12)Nc1ccc(NC(=O)c2cccs2)cc1. The lowest BCUT2D eigenvalue weighted by Gasteiger charge is -2.08. The summed E-state index contributed by atoms with van der Waals surface area (Å²) in [5.74, 6) is 0.977. The Morgan fingerprint density at radius 2 is 1.53 bits per heavy atom. The first kappa shape index (κ1) is 20.2. The molecule has 0 fully saturated rings. The standard InChI is InChI=1S/C24H20N2O2S2/c27-23(16-29-15-18-7-3-6-17-5-1-2-8-21(17)18)25-19-10-12-20(13-11-19)26-24(28)22-9-4-14-30-22/h1-14H,15-16H2,(H,25,27)(H,26,28). The number of thioether (sulfide) groups is 1. The average Bonchev–Trinajstić information content (AvgIpc) is 3.30. The highest BCUT2D eigenvalue weighted by Crippen LogP contribution is 2.23. The number of anilines is 2. The molecule has 150 valence electrons. The Morgan fingerprint density at radius 3 is 2.30 bits per heavy atom. The van der Waals surface area contributed by atoms with Crippen molar-refractivity contribution >= 4 is 57.1 Å². The number of rotatable bonds is 7. The summed E-state index contributed by atoms with van der Waals surface area (Å²) in [5.41, 5.74) is 2.63. The molecule has 0 saturated heterocycles. The van der Waals surface area contributed by atoms with Gasteiger partial charge in [0.15, 0.2) is 0 Å². The fourth-order valence-electron chi connectivity index (χ4n) is 3.11. The van der Waals surface area contributed by atoms with Crippen LogP contribution >= 0.6 is 23.1 Å². The maximum Gasteiger partial charge on any atom is 0.265 e. The van der Waals surface area contributed by atoms with E-state index in [2.05, 4.69) is 41.0 Å². The number of benzene rings is 3. The van der Waals surface area contributed by atoms with Crippen molar-refractivity contribution in [1.29, 1.82) is 0 Å². The first-order valence-corrected chi connectivity index (χ1v) is 11.5. The number of nitrogens with one attached hydrogen (secondary N) is 2. The van der Waals surface area contributed by atoms with Gasteiger partial charge in [-0.05, 0) is 52.0 Å². The lowest BCUT2D eigenvalue weighted by atomic mass is 10.1. The van der Waals surface area contributed by atoms with E-state index in [9.17, 15) is 9.59 Å². The van der Waals surface area contributed by atoms with Gasteiger partial charge in [-0.15, -0.1) is 23.1 Å². The summed E-state index contributed by atoms with van der Waals surface area (Å²) in [6.45, 7) is 0. The monoisotopic (exact) mass is 432 g/mol. The summed E-state index contributed by atoms with van der Waals surface area (Å²) in [5, 5.41) is 10.1. The predicted molar refractivity (Wildman–Crippen MR) is 127 cm³/mol. The minimum Gasteiger partial charge on any atom is -0.325 e. The maximum absolute atomic E-state index is 12.3. The van der Waals surface area contributed by atoms with Gasteiger partial charge in [-0.2, -0.15) is 0 Å². The lowest BCUT2D eigenvalue weighted by molar-refractivity contribution is -0.113. The van der Waals surface area contributed by atoms with Crippen molar-refractivity contribution in [3.63, 3.8) is 0 Å². The van der Waals surface area contributed by atoms with E-state index in [0.717, 1.165) is 5.75 Å². The van der Waals surface area contributed by atoms with Gasteiger partial charge < -0.3 is 10.6 Å². The summed E-state index contributed by atoms with van der Waals surface area (Å²) >= 11 is 2.99. The van der Waals surface area contributed by atoms with E-state index < -0.39 is 0 Å². The Kier molecular flexibility index (Phi) is 6.47. The highest BCUT2D eigenvalue weighted by molar-refractivity contribution is 7.99. The molecule has 0 bridgehead atoms. The van der Waals surface area contributed by atoms with Gasteiger partial charge in [-0.25, -0.2) is 0 Å². The minimum absolute atomic E-state index is 0.0457. The molecule has 0 aliphatic rings. The molecule has 0 radical (unpaired) electrons. The van der Waals surface area contributed by atoms with Gasteiger partial charge >= 0.3 is 0 Å². The molecule has 30 heavy (non-hydrogen) atoms. The molecule has 4 rings (SSSR count). The second-order valence-electron chi connectivity index (χ2n) is 6.69. The van der Waals surface area contributed by atoms with Crippen molar-refractivity contribution in [1.82, 2.24) is 0 Å². The summed E-state index contributed by atoms with van der Waals surface area (Å²) in [6.07, 6.45) is 0. The number of hydrogen-bond donors (Lipinski definition) is 2. The van der Waals surface area contributed by atoms with E-state index in [1.807, 2.05) is 23.6 Å². The third-order valence-corrected chi connectivity index (χ3v) is 6.39. The molecular weight excluding hydrogens is 412 g/mol. The van der Waals surface area contributed by atoms with Crippen LogP contribution in [0.15, 0.2) is 84.2 Å². The van der Waals surface area contributed by atoms with Crippen LogP contribution in [0, 0.1) is 0 Å². The smallest absolute Gasteiger partial charge is 0.265 e. The molecule has 0 aliphatic carbocycles. The number of carbonyl (C=O) groups is 2. The van der Waals surface area contributed by atoms with Crippen LogP contribution in [0.2, 0.25) is 0 Å². The summed E-state index contributed by atoms with van der Waals surface area (Å²) in [7, 11) is 0. The first-order valence-electron chi connectivity index (χ1n) is 9.48. The fraction of sp³-hybridized carbons (Fsp3) is 0.0833. The second kappa shape index (κ2) is 9.61. The predicted octanol–water partition coefficient (Wildman–Crippen LogP) is 6.03. The Balaban J connectivity index is 1.27. The lowest BCUT2D eigenvalue weighted by Crippen LogP contribution is -2.14. The molecule has 0 atom stereocenters. The van der Waals surface area contributed by atoms with E-state index in [0.29, 0.717) is 22.0 Å². The van der Waals surface area contributed by atoms with Crippen molar-refractivity contribution in [3.8, 4) is 0 Å². The van der Waals surface area contributed by atoms with Gasteiger partial charge in [0.05, 0.1) is 10.6 Å².